The number of hydrogen-bond donors (Lipinski definition) is 1. The summed E-state index contributed by atoms with van der Waals surface area (Å²) in [5.74, 6) is 0.280. The van der Waals surface area contributed by atoms with Crippen LogP contribution in [0.25, 0.3) is 0 Å². The Morgan fingerprint density at radius 2 is 2.15 bits per heavy atom. The molecular formula is C15H22Cl2N2O. The van der Waals surface area contributed by atoms with Crippen LogP contribution in [-0.4, -0.2) is 23.9 Å². The Morgan fingerprint density at radius 3 is 2.70 bits per heavy atom. The van der Waals surface area contributed by atoms with E-state index in [-0.39, 0.29) is 36.3 Å². The number of benzene rings is 1. The molecule has 3 unspecified atom stereocenters. The van der Waals surface area contributed by atoms with E-state index >= 15 is 0 Å². The summed E-state index contributed by atoms with van der Waals surface area (Å²) in [6.45, 7) is 2.03. The zero-order valence-corrected chi connectivity index (χ0v) is 13.5. The third-order valence-electron chi connectivity index (χ3n) is 4.08. The van der Waals surface area contributed by atoms with E-state index in [2.05, 4.69) is 0 Å². The number of carbonyl (C=O) groups excluding carboxylic acids is 1. The number of hydrogen-bond acceptors (Lipinski definition) is 2. The third kappa shape index (κ3) is 3.87. The molecule has 0 saturated heterocycles. The topological polar surface area (TPSA) is 46.3 Å². The van der Waals surface area contributed by atoms with Gasteiger partial charge in [-0.2, -0.15) is 0 Å². The zero-order valence-electron chi connectivity index (χ0n) is 11.9. The van der Waals surface area contributed by atoms with E-state index in [1.54, 1.807) is 0 Å². The van der Waals surface area contributed by atoms with Crippen LogP contribution in [0.1, 0.15) is 37.8 Å². The highest BCUT2D eigenvalue weighted by molar-refractivity contribution is 6.30. The number of nitrogens with two attached hydrogens (primary N) is 1. The Morgan fingerprint density at radius 1 is 1.45 bits per heavy atom. The molecule has 1 amide bonds. The van der Waals surface area contributed by atoms with Gasteiger partial charge in [0.1, 0.15) is 0 Å². The van der Waals surface area contributed by atoms with E-state index in [9.17, 15) is 4.79 Å². The van der Waals surface area contributed by atoms with Crippen LogP contribution in [0.3, 0.4) is 0 Å². The first kappa shape index (κ1) is 17.3. The lowest BCUT2D eigenvalue weighted by atomic mass is 10.0. The fourth-order valence-corrected chi connectivity index (χ4v) is 2.91. The van der Waals surface area contributed by atoms with Crippen LogP contribution in [-0.2, 0) is 4.79 Å². The third-order valence-corrected chi connectivity index (χ3v) is 4.32. The minimum atomic E-state index is 0. The van der Waals surface area contributed by atoms with Crippen molar-refractivity contribution in [2.75, 3.05) is 7.05 Å². The average Bonchev–Trinajstić information content (AvgIpc) is 2.83. The maximum Gasteiger partial charge on any atom is 0.225 e. The summed E-state index contributed by atoms with van der Waals surface area (Å²) >= 11 is 6.00. The molecule has 0 spiro atoms. The largest absolute Gasteiger partial charge is 0.339 e. The van der Waals surface area contributed by atoms with Gasteiger partial charge in [-0.15, -0.1) is 12.4 Å². The van der Waals surface area contributed by atoms with E-state index in [0.29, 0.717) is 5.02 Å². The second-order valence-corrected chi connectivity index (χ2v) is 5.89. The fourth-order valence-electron chi connectivity index (χ4n) is 2.71. The minimum absolute atomic E-state index is 0. The average molecular weight is 317 g/mol. The van der Waals surface area contributed by atoms with Crippen LogP contribution in [0.4, 0.5) is 0 Å². The lowest BCUT2D eigenvalue weighted by Gasteiger charge is -2.28. The number of amides is 1. The van der Waals surface area contributed by atoms with E-state index in [4.69, 9.17) is 17.3 Å². The van der Waals surface area contributed by atoms with E-state index in [0.717, 1.165) is 24.8 Å². The van der Waals surface area contributed by atoms with Crippen molar-refractivity contribution < 1.29 is 4.79 Å². The lowest BCUT2D eigenvalue weighted by Crippen LogP contribution is -2.34. The quantitative estimate of drug-likeness (QED) is 0.928. The molecule has 1 aliphatic rings. The van der Waals surface area contributed by atoms with Gasteiger partial charge in [0.25, 0.3) is 0 Å². The van der Waals surface area contributed by atoms with Crippen LogP contribution in [0, 0.1) is 5.92 Å². The smallest absolute Gasteiger partial charge is 0.225 e. The number of halogens is 2. The molecular weight excluding hydrogens is 295 g/mol. The maximum absolute atomic E-state index is 12.4. The van der Waals surface area contributed by atoms with Gasteiger partial charge in [0, 0.05) is 24.0 Å². The summed E-state index contributed by atoms with van der Waals surface area (Å²) in [6.07, 6.45) is 2.67. The van der Waals surface area contributed by atoms with Gasteiger partial charge in [0.15, 0.2) is 0 Å². The predicted molar refractivity (Wildman–Crippen MR) is 85.2 cm³/mol. The molecule has 0 bridgehead atoms. The van der Waals surface area contributed by atoms with E-state index in [1.807, 2.05) is 43.1 Å². The minimum Gasteiger partial charge on any atom is -0.339 e. The van der Waals surface area contributed by atoms with Gasteiger partial charge in [0.05, 0.1) is 6.04 Å². The molecule has 2 rings (SSSR count). The van der Waals surface area contributed by atoms with Gasteiger partial charge in [-0.3, -0.25) is 4.79 Å². The Bertz CT molecular complexity index is 467. The van der Waals surface area contributed by atoms with Crippen LogP contribution in [0.2, 0.25) is 5.02 Å². The van der Waals surface area contributed by atoms with Crippen molar-refractivity contribution >= 4 is 29.9 Å². The van der Waals surface area contributed by atoms with Crippen molar-refractivity contribution in [1.29, 1.82) is 0 Å². The van der Waals surface area contributed by atoms with Crippen molar-refractivity contribution in [2.24, 2.45) is 11.7 Å². The molecule has 5 heteroatoms. The van der Waals surface area contributed by atoms with Crippen molar-refractivity contribution in [3.63, 3.8) is 0 Å². The molecule has 0 heterocycles. The molecule has 0 radical (unpaired) electrons. The van der Waals surface area contributed by atoms with Gasteiger partial charge in [-0.1, -0.05) is 23.7 Å². The summed E-state index contributed by atoms with van der Waals surface area (Å²) in [5, 5.41) is 0.702. The predicted octanol–water partition coefficient (Wildman–Crippen LogP) is 3.41. The highest BCUT2D eigenvalue weighted by Gasteiger charge is 2.31. The first-order chi connectivity index (χ1) is 8.99. The molecule has 20 heavy (non-hydrogen) atoms. The molecule has 3 atom stereocenters. The van der Waals surface area contributed by atoms with Crippen molar-refractivity contribution in [2.45, 2.75) is 38.3 Å². The van der Waals surface area contributed by atoms with Gasteiger partial charge in [-0.25, -0.2) is 0 Å². The molecule has 2 N–H and O–H groups in total. The van der Waals surface area contributed by atoms with Crippen LogP contribution in [0.15, 0.2) is 24.3 Å². The van der Waals surface area contributed by atoms with E-state index in [1.165, 1.54) is 0 Å². The zero-order chi connectivity index (χ0) is 14.0. The number of nitrogens with zero attached hydrogens (tertiary/aromatic N) is 1. The summed E-state index contributed by atoms with van der Waals surface area (Å²) in [5.41, 5.74) is 6.94. The standard InChI is InChI=1S/C15H21ClN2O.ClH/c1-10(11-4-3-5-13(16)8-11)18(2)15(19)12-6-7-14(17)9-12;/h3-5,8,10,12,14H,6-7,9,17H2,1-2H3;1H. The second-order valence-electron chi connectivity index (χ2n) is 5.45. The van der Waals surface area contributed by atoms with Crippen LogP contribution < -0.4 is 5.73 Å². The van der Waals surface area contributed by atoms with Gasteiger partial charge in [0.2, 0.25) is 5.91 Å². The Labute approximate surface area is 131 Å². The molecule has 1 aromatic carbocycles. The first-order valence-electron chi connectivity index (χ1n) is 6.76. The Kier molecular flexibility index (Phi) is 6.31. The maximum atomic E-state index is 12.4. The molecule has 0 aromatic heterocycles. The second kappa shape index (κ2) is 7.30. The lowest BCUT2D eigenvalue weighted by molar-refractivity contribution is -0.136. The van der Waals surface area contributed by atoms with Gasteiger partial charge in [-0.05, 0) is 43.9 Å². The van der Waals surface area contributed by atoms with Gasteiger partial charge >= 0.3 is 0 Å². The van der Waals surface area contributed by atoms with E-state index < -0.39 is 0 Å². The highest BCUT2D eigenvalue weighted by atomic mass is 35.5. The molecule has 112 valence electrons. The summed E-state index contributed by atoms with van der Waals surface area (Å²) in [6, 6.07) is 7.89. The van der Waals surface area contributed by atoms with Crippen LogP contribution >= 0.6 is 24.0 Å². The SMILES string of the molecule is CC(c1cccc(Cl)c1)N(C)C(=O)C1CCC(N)C1.Cl. The molecule has 1 aromatic rings. The molecule has 3 nitrogen and oxygen atoms in total. The fraction of sp³-hybridized carbons (Fsp3) is 0.533. The summed E-state index contributed by atoms with van der Waals surface area (Å²) < 4.78 is 0. The molecule has 1 fully saturated rings. The van der Waals surface area contributed by atoms with Crippen molar-refractivity contribution in [3.05, 3.63) is 34.9 Å². The Balaban J connectivity index is 0.00000200. The number of carbonyl (C=O) groups is 1. The summed E-state index contributed by atoms with van der Waals surface area (Å²) in [7, 11) is 1.86. The normalized spacial score (nSPS) is 23.0. The Hall–Kier alpha value is -0.770. The first-order valence-corrected chi connectivity index (χ1v) is 7.14. The van der Waals surface area contributed by atoms with Crippen LogP contribution in [0.5, 0.6) is 0 Å². The molecule has 1 saturated carbocycles. The van der Waals surface area contributed by atoms with Crippen molar-refractivity contribution in [1.82, 2.24) is 4.90 Å². The highest BCUT2D eigenvalue weighted by Crippen LogP contribution is 2.29. The monoisotopic (exact) mass is 316 g/mol. The summed E-state index contributed by atoms with van der Waals surface area (Å²) in [4.78, 5) is 14.2. The molecule has 0 aliphatic heterocycles. The van der Waals surface area contributed by atoms with Crippen molar-refractivity contribution in [3.8, 4) is 0 Å². The van der Waals surface area contributed by atoms with Gasteiger partial charge < -0.3 is 10.6 Å². The number of rotatable bonds is 3. The molecule has 1 aliphatic carbocycles.